The van der Waals surface area contributed by atoms with Crippen LogP contribution >= 0.6 is 0 Å². The molecule has 0 bridgehead atoms. The summed E-state index contributed by atoms with van der Waals surface area (Å²) >= 11 is 0. The largest absolute Gasteiger partial charge is 0.444 e. The predicted octanol–water partition coefficient (Wildman–Crippen LogP) is 3.22. The Balaban J connectivity index is 1.97. The molecule has 1 aromatic carbocycles. The van der Waals surface area contributed by atoms with E-state index in [4.69, 9.17) is 9.47 Å². The third kappa shape index (κ3) is 4.24. The maximum atomic E-state index is 12.0. The summed E-state index contributed by atoms with van der Waals surface area (Å²) in [6, 6.07) is 7.72. The number of benzene rings is 1. The number of carbonyl (C=O) groups is 1. The van der Waals surface area contributed by atoms with Crippen LogP contribution in [0.25, 0.3) is 0 Å². The molecule has 1 aromatic rings. The lowest BCUT2D eigenvalue weighted by molar-refractivity contribution is -0.103. The van der Waals surface area contributed by atoms with Crippen LogP contribution < -0.4 is 0 Å². The van der Waals surface area contributed by atoms with Gasteiger partial charge in [0.25, 0.3) is 0 Å². The molecule has 1 amide bonds. The van der Waals surface area contributed by atoms with Gasteiger partial charge >= 0.3 is 6.09 Å². The Kier molecular flexibility index (Phi) is 5.01. The second kappa shape index (κ2) is 6.49. The Morgan fingerprint density at radius 2 is 1.87 bits per heavy atom. The maximum Gasteiger partial charge on any atom is 0.410 e. The van der Waals surface area contributed by atoms with Gasteiger partial charge in [-0.25, -0.2) is 4.79 Å². The molecule has 0 saturated carbocycles. The topological polar surface area (TPSA) is 59.0 Å². The molecule has 0 aromatic heterocycles. The fourth-order valence-corrected chi connectivity index (χ4v) is 2.63. The zero-order chi connectivity index (χ0) is 17.3. The van der Waals surface area contributed by atoms with E-state index in [-0.39, 0.29) is 25.3 Å². The van der Waals surface area contributed by atoms with E-state index in [0.29, 0.717) is 6.61 Å². The Bertz CT molecular complexity index is 541. The van der Waals surface area contributed by atoms with E-state index in [1.807, 2.05) is 58.9 Å². The van der Waals surface area contributed by atoms with Crippen molar-refractivity contribution in [3.63, 3.8) is 0 Å². The number of hydrogen-bond donors (Lipinski definition) is 1. The quantitative estimate of drug-likeness (QED) is 0.925. The lowest BCUT2D eigenvalue weighted by atomic mass is 9.86. The molecule has 0 spiro atoms. The normalized spacial score (nSPS) is 18.3. The van der Waals surface area contributed by atoms with Crippen LogP contribution in [-0.2, 0) is 15.1 Å². The molecule has 1 atom stereocenters. The molecule has 5 nitrogen and oxygen atoms in total. The molecule has 1 N–H and O–H groups in total. The second-order valence-electron chi connectivity index (χ2n) is 7.09. The Morgan fingerprint density at radius 3 is 2.35 bits per heavy atom. The summed E-state index contributed by atoms with van der Waals surface area (Å²) in [7, 11) is 0. The standard InChI is InChI=1S/C18H27NO4/c1-6-22-13(2)14-7-9-15(10-8-14)18(21)11-19(12-18)16(20)23-17(3,4)5/h7-10,13,21H,6,11-12H2,1-5H3. The van der Waals surface area contributed by atoms with Crippen LogP contribution in [0.1, 0.15) is 51.8 Å². The Morgan fingerprint density at radius 1 is 1.30 bits per heavy atom. The van der Waals surface area contributed by atoms with Gasteiger partial charge in [-0.15, -0.1) is 0 Å². The van der Waals surface area contributed by atoms with Gasteiger partial charge in [0.15, 0.2) is 0 Å². The zero-order valence-corrected chi connectivity index (χ0v) is 14.6. The van der Waals surface area contributed by atoms with Crippen molar-refractivity contribution in [3.05, 3.63) is 35.4 Å². The highest BCUT2D eigenvalue weighted by molar-refractivity contribution is 5.70. The molecule has 0 aliphatic carbocycles. The molecular formula is C18H27NO4. The van der Waals surface area contributed by atoms with E-state index in [1.165, 1.54) is 4.90 Å². The highest BCUT2D eigenvalue weighted by Gasteiger charge is 2.46. The lowest BCUT2D eigenvalue weighted by Crippen LogP contribution is -2.61. The third-order valence-corrected chi connectivity index (χ3v) is 3.89. The number of likely N-dealkylation sites (tertiary alicyclic amines) is 1. The van der Waals surface area contributed by atoms with Gasteiger partial charge in [-0.2, -0.15) is 0 Å². The number of ether oxygens (including phenoxy) is 2. The maximum absolute atomic E-state index is 12.0. The molecule has 0 radical (unpaired) electrons. The molecule has 1 heterocycles. The van der Waals surface area contributed by atoms with Crippen LogP contribution in [-0.4, -0.2) is 41.4 Å². The van der Waals surface area contributed by atoms with E-state index < -0.39 is 11.2 Å². The van der Waals surface area contributed by atoms with Crippen LogP contribution in [0.2, 0.25) is 0 Å². The first kappa shape index (κ1) is 17.8. The van der Waals surface area contributed by atoms with Gasteiger partial charge in [-0.3, -0.25) is 0 Å². The molecule has 1 aliphatic heterocycles. The fourth-order valence-electron chi connectivity index (χ4n) is 2.63. The fraction of sp³-hybridized carbons (Fsp3) is 0.611. The molecule has 1 saturated heterocycles. The van der Waals surface area contributed by atoms with Gasteiger partial charge in [-0.1, -0.05) is 24.3 Å². The highest BCUT2D eigenvalue weighted by atomic mass is 16.6. The van der Waals surface area contributed by atoms with Gasteiger partial charge in [0.2, 0.25) is 0 Å². The minimum atomic E-state index is -0.996. The lowest BCUT2D eigenvalue weighted by Gasteiger charge is -2.46. The molecule has 1 unspecified atom stereocenters. The van der Waals surface area contributed by atoms with Crippen molar-refractivity contribution < 1.29 is 19.4 Å². The second-order valence-corrected chi connectivity index (χ2v) is 7.09. The summed E-state index contributed by atoms with van der Waals surface area (Å²) < 4.78 is 10.9. The van der Waals surface area contributed by atoms with Crippen molar-refractivity contribution in [2.75, 3.05) is 19.7 Å². The summed E-state index contributed by atoms with van der Waals surface area (Å²) in [5.41, 5.74) is 0.360. The monoisotopic (exact) mass is 321 g/mol. The number of hydrogen-bond acceptors (Lipinski definition) is 4. The van der Waals surface area contributed by atoms with Crippen molar-refractivity contribution in [1.82, 2.24) is 4.90 Å². The minimum absolute atomic E-state index is 0.0309. The summed E-state index contributed by atoms with van der Waals surface area (Å²) in [5.74, 6) is 0. The molecule has 23 heavy (non-hydrogen) atoms. The zero-order valence-electron chi connectivity index (χ0n) is 14.6. The van der Waals surface area contributed by atoms with E-state index in [9.17, 15) is 9.90 Å². The summed E-state index contributed by atoms with van der Waals surface area (Å²) in [6.45, 7) is 10.6. The smallest absolute Gasteiger partial charge is 0.410 e. The van der Waals surface area contributed by atoms with Gasteiger partial charge < -0.3 is 19.5 Å². The van der Waals surface area contributed by atoms with Crippen molar-refractivity contribution in [1.29, 1.82) is 0 Å². The van der Waals surface area contributed by atoms with Crippen molar-refractivity contribution >= 4 is 6.09 Å². The predicted molar refractivity (Wildman–Crippen MR) is 88.2 cm³/mol. The number of aliphatic hydroxyl groups is 1. The van der Waals surface area contributed by atoms with E-state index >= 15 is 0 Å². The van der Waals surface area contributed by atoms with Crippen LogP contribution in [0.3, 0.4) is 0 Å². The van der Waals surface area contributed by atoms with E-state index in [1.54, 1.807) is 0 Å². The molecule has 1 fully saturated rings. The Labute approximate surface area is 138 Å². The van der Waals surface area contributed by atoms with Gasteiger partial charge in [0, 0.05) is 6.61 Å². The molecule has 2 rings (SSSR count). The Hall–Kier alpha value is -1.59. The summed E-state index contributed by atoms with van der Waals surface area (Å²) in [6.07, 6.45) is -0.355. The third-order valence-electron chi connectivity index (χ3n) is 3.89. The van der Waals surface area contributed by atoms with E-state index in [0.717, 1.165) is 11.1 Å². The first-order valence-corrected chi connectivity index (χ1v) is 8.07. The average molecular weight is 321 g/mol. The van der Waals surface area contributed by atoms with Crippen LogP contribution in [0.4, 0.5) is 4.79 Å². The summed E-state index contributed by atoms with van der Waals surface area (Å²) in [5, 5.41) is 10.7. The van der Waals surface area contributed by atoms with Crippen molar-refractivity contribution in [2.24, 2.45) is 0 Å². The molecule has 128 valence electrons. The number of nitrogens with zero attached hydrogens (tertiary/aromatic N) is 1. The highest BCUT2D eigenvalue weighted by Crippen LogP contribution is 2.33. The molecule has 1 aliphatic rings. The molecule has 5 heteroatoms. The number of amides is 1. The van der Waals surface area contributed by atoms with Crippen molar-refractivity contribution in [3.8, 4) is 0 Å². The summed E-state index contributed by atoms with van der Waals surface area (Å²) in [4.78, 5) is 13.5. The average Bonchev–Trinajstić information content (AvgIpc) is 2.42. The van der Waals surface area contributed by atoms with E-state index in [2.05, 4.69) is 0 Å². The van der Waals surface area contributed by atoms with Gasteiger partial charge in [0.05, 0.1) is 19.2 Å². The molecular weight excluding hydrogens is 294 g/mol. The number of β-amino-alcohol motifs (C(OH)–C–C–N with tert-alkyl or cyclic N) is 1. The van der Waals surface area contributed by atoms with Crippen LogP contribution in [0.15, 0.2) is 24.3 Å². The van der Waals surface area contributed by atoms with Gasteiger partial charge in [-0.05, 0) is 45.7 Å². The first-order valence-electron chi connectivity index (χ1n) is 8.07. The van der Waals surface area contributed by atoms with Crippen LogP contribution in [0, 0.1) is 0 Å². The van der Waals surface area contributed by atoms with Gasteiger partial charge in [0.1, 0.15) is 11.2 Å². The SMILES string of the molecule is CCOC(C)c1ccc(C2(O)CN(C(=O)OC(C)(C)C)C2)cc1. The minimum Gasteiger partial charge on any atom is -0.444 e. The van der Waals surface area contributed by atoms with Crippen LogP contribution in [0.5, 0.6) is 0 Å². The first-order chi connectivity index (χ1) is 10.6. The number of carbonyl (C=O) groups excluding carboxylic acids is 1. The van der Waals surface area contributed by atoms with Crippen molar-refractivity contribution in [2.45, 2.75) is 51.9 Å². The number of rotatable bonds is 4.